The molecule has 1 aromatic rings. The number of carbonyl (C=O) groups is 1. The molecule has 0 fully saturated rings. The first kappa shape index (κ1) is 14.7. The van der Waals surface area contributed by atoms with Crippen LogP contribution in [0.2, 0.25) is 0 Å². The first-order chi connectivity index (χ1) is 8.54. The van der Waals surface area contributed by atoms with E-state index in [0.717, 1.165) is 12.0 Å². The van der Waals surface area contributed by atoms with Gasteiger partial charge in [0.15, 0.2) is 5.78 Å². The molecule has 0 aromatic heterocycles. The Hall–Kier alpha value is -1.37. The first-order valence-electron chi connectivity index (χ1n) is 6.77. The van der Waals surface area contributed by atoms with E-state index in [1.807, 2.05) is 30.3 Å². The average Bonchev–Trinajstić information content (AvgIpc) is 2.36. The molecular formula is C17H24O. The van der Waals surface area contributed by atoms with Crippen molar-refractivity contribution in [3.8, 4) is 0 Å². The monoisotopic (exact) mass is 244 g/mol. The third-order valence-corrected chi connectivity index (χ3v) is 3.35. The largest absolute Gasteiger partial charge is 0.294 e. The summed E-state index contributed by atoms with van der Waals surface area (Å²) in [5.74, 6) is 1.16. The number of hydrogen-bond donors (Lipinski definition) is 0. The lowest BCUT2D eigenvalue weighted by molar-refractivity contribution is 0.0954. The maximum absolute atomic E-state index is 12.1. The van der Waals surface area contributed by atoms with Gasteiger partial charge < -0.3 is 0 Å². The van der Waals surface area contributed by atoms with Gasteiger partial charge in [-0.05, 0) is 32.1 Å². The van der Waals surface area contributed by atoms with E-state index in [-0.39, 0.29) is 5.78 Å². The van der Waals surface area contributed by atoms with Crippen molar-refractivity contribution in [2.24, 2.45) is 11.8 Å². The number of hydrogen-bond acceptors (Lipinski definition) is 1. The zero-order chi connectivity index (χ0) is 13.5. The second-order valence-corrected chi connectivity index (χ2v) is 5.29. The Labute approximate surface area is 111 Å². The normalized spacial score (nSPS) is 13.8. The summed E-state index contributed by atoms with van der Waals surface area (Å²) >= 11 is 0. The second-order valence-electron chi connectivity index (χ2n) is 5.29. The van der Waals surface area contributed by atoms with Gasteiger partial charge in [0, 0.05) is 12.0 Å². The van der Waals surface area contributed by atoms with Gasteiger partial charge in [-0.3, -0.25) is 4.79 Å². The van der Waals surface area contributed by atoms with E-state index in [1.165, 1.54) is 5.57 Å². The Morgan fingerprint density at radius 3 is 2.33 bits per heavy atom. The van der Waals surface area contributed by atoms with Crippen molar-refractivity contribution in [2.45, 2.75) is 40.5 Å². The van der Waals surface area contributed by atoms with Crippen LogP contribution in [0.25, 0.3) is 0 Å². The second kappa shape index (κ2) is 7.15. The summed E-state index contributed by atoms with van der Waals surface area (Å²) in [5.41, 5.74) is 2.16. The number of allylic oxidation sites excluding steroid dienone is 2. The Balaban J connectivity index is 2.67. The van der Waals surface area contributed by atoms with Crippen molar-refractivity contribution >= 4 is 5.78 Å². The fourth-order valence-electron chi connectivity index (χ4n) is 2.30. The summed E-state index contributed by atoms with van der Waals surface area (Å²) in [6.45, 7) is 8.60. The fraction of sp³-hybridized carbons (Fsp3) is 0.471. The van der Waals surface area contributed by atoms with Crippen molar-refractivity contribution in [1.82, 2.24) is 0 Å². The van der Waals surface area contributed by atoms with Crippen LogP contribution < -0.4 is 0 Å². The molecule has 1 aromatic carbocycles. The van der Waals surface area contributed by atoms with Crippen LogP contribution in [0.5, 0.6) is 0 Å². The van der Waals surface area contributed by atoms with E-state index in [4.69, 9.17) is 0 Å². The minimum absolute atomic E-state index is 0.253. The van der Waals surface area contributed by atoms with Gasteiger partial charge in [-0.25, -0.2) is 0 Å². The molecule has 2 unspecified atom stereocenters. The quantitative estimate of drug-likeness (QED) is 0.514. The van der Waals surface area contributed by atoms with E-state index in [1.54, 1.807) is 0 Å². The molecule has 98 valence electrons. The van der Waals surface area contributed by atoms with E-state index >= 15 is 0 Å². The van der Waals surface area contributed by atoms with E-state index in [9.17, 15) is 4.79 Å². The van der Waals surface area contributed by atoms with Gasteiger partial charge in [0.2, 0.25) is 0 Å². The van der Waals surface area contributed by atoms with Crippen LogP contribution in [-0.4, -0.2) is 5.78 Å². The van der Waals surface area contributed by atoms with Crippen LogP contribution in [0.15, 0.2) is 42.0 Å². The standard InChI is InChI=1S/C17H24O/c1-5-15(11-13(2)3)14(4)12-17(18)16-9-7-6-8-10-16/h6-11,14-15H,5,12H2,1-4H3. The molecule has 1 nitrogen and oxygen atoms in total. The van der Waals surface area contributed by atoms with Crippen LogP contribution in [0, 0.1) is 11.8 Å². The molecule has 0 aliphatic heterocycles. The van der Waals surface area contributed by atoms with Crippen LogP contribution in [-0.2, 0) is 0 Å². The summed E-state index contributed by atoms with van der Waals surface area (Å²) < 4.78 is 0. The summed E-state index contributed by atoms with van der Waals surface area (Å²) in [6.07, 6.45) is 4.02. The predicted molar refractivity (Wildman–Crippen MR) is 77.8 cm³/mol. The highest BCUT2D eigenvalue weighted by molar-refractivity contribution is 5.96. The molecule has 0 heterocycles. The highest BCUT2D eigenvalue weighted by Crippen LogP contribution is 2.23. The maximum Gasteiger partial charge on any atom is 0.163 e. The van der Waals surface area contributed by atoms with Gasteiger partial charge >= 0.3 is 0 Å². The fourth-order valence-corrected chi connectivity index (χ4v) is 2.30. The van der Waals surface area contributed by atoms with Gasteiger partial charge in [-0.15, -0.1) is 0 Å². The van der Waals surface area contributed by atoms with Crippen LogP contribution in [0.4, 0.5) is 0 Å². The molecular weight excluding hydrogens is 220 g/mol. The third kappa shape index (κ3) is 4.48. The first-order valence-corrected chi connectivity index (χ1v) is 6.77. The van der Waals surface area contributed by atoms with Crippen molar-refractivity contribution in [1.29, 1.82) is 0 Å². The SMILES string of the molecule is CCC(C=C(C)C)C(C)CC(=O)c1ccccc1. The molecule has 1 rings (SSSR count). The van der Waals surface area contributed by atoms with Crippen molar-refractivity contribution in [3.63, 3.8) is 0 Å². The lowest BCUT2D eigenvalue weighted by atomic mass is 9.85. The lowest BCUT2D eigenvalue weighted by Gasteiger charge is -2.19. The number of Topliss-reactive ketones (excluding diaryl/α,β-unsaturated/α-hetero) is 1. The number of carbonyl (C=O) groups excluding carboxylic acids is 1. The number of benzene rings is 1. The van der Waals surface area contributed by atoms with Crippen LogP contribution in [0.3, 0.4) is 0 Å². The van der Waals surface area contributed by atoms with E-state index < -0.39 is 0 Å². The zero-order valence-electron chi connectivity index (χ0n) is 11.9. The molecule has 0 spiro atoms. The summed E-state index contributed by atoms with van der Waals surface area (Å²) in [7, 11) is 0. The molecule has 18 heavy (non-hydrogen) atoms. The molecule has 0 bridgehead atoms. The van der Waals surface area contributed by atoms with E-state index in [2.05, 4.69) is 33.8 Å². The summed E-state index contributed by atoms with van der Waals surface area (Å²) in [5, 5.41) is 0. The highest BCUT2D eigenvalue weighted by Gasteiger charge is 2.17. The molecule has 0 radical (unpaired) electrons. The zero-order valence-corrected chi connectivity index (χ0v) is 11.9. The molecule has 0 aliphatic carbocycles. The Kier molecular flexibility index (Phi) is 5.84. The molecule has 2 atom stereocenters. The third-order valence-electron chi connectivity index (χ3n) is 3.35. The Morgan fingerprint density at radius 1 is 1.22 bits per heavy atom. The van der Waals surface area contributed by atoms with Crippen molar-refractivity contribution in [3.05, 3.63) is 47.5 Å². The summed E-state index contributed by atoms with van der Waals surface area (Å²) in [4.78, 5) is 12.1. The van der Waals surface area contributed by atoms with Gasteiger partial charge in [0.25, 0.3) is 0 Å². The van der Waals surface area contributed by atoms with Gasteiger partial charge in [0.05, 0.1) is 0 Å². The lowest BCUT2D eigenvalue weighted by Crippen LogP contribution is -2.14. The van der Waals surface area contributed by atoms with Crippen molar-refractivity contribution in [2.75, 3.05) is 0 Å². The molecule has 0 amide bonds. The minimum Gasteiger partial charge on any atom is -0.294 e. The Bertz CT molecular complexity index is 399. The van der Waals surface area contributed by atoms with E-state index in [0.29, 0.717) is 18.3 Å². The maximum atomic E-state index is 12.1. The molecule has 0 aliphatic rings. The number of rotatable bonds is 6. The van der Waals surface area contributed by atoms with Gasteiger partial charge in [0.1, 0.15) is 0 Å². The van der Waals surface area contributed by atoms with Crippen LogP contribution >= 0.6 is 0 Å². The van der Waals surface area contributed by atoms with Crippen molar-refractivity contribution < 1.29 is 4.79 Å². The molecule has 1 heteroatoms. The predicted octanol–water partition coefficient (Wildman–Crippen LogP) is 4.89. The highest BCUT2D eigenvalue weighted by atomic mass is 16.1. The topological polar surface area (TPSA) is 17.1 Å². The minimum atomic E-state index is 0.253. The Morgan fingerprint density at radius 2 is 1.83 bits per heavy atom. The smallest absolute Gasteiger partial charge is 0.163 e. The molecule has 0 saturated heterocycles. The average molecular weight is 244 g/mol. The van der Waals surface area contributed by atoms with Gasteiger partial charge in [-0.1, -0.05) is 55.8 Å². The summed E-state index contributed by atoms with van der Waals surface area (Å²) in [6, 6.07) is 9.59. The van der Waals surface area contributed by atoms with Crippen LogP contribution in [0.1, 0.15) is 50.9 Å². The molecule has 0 N–H and O–H groups in total. The molecule has 0 saturated carbocycles. The number of ketones is 1. The van der Waals surface area contributed by atoms with Gasteiger partial charge in [-0.2, -0.15) is 0 Å².